The molecule has 1 amide bonds. The van der Waals surface area contributed by atoms with E-state index in [-0.39, 0.29) is 11.4 Å². The van der Waals surface area contributed by atoms with Crippen molar-refractivity contribution in [3.63, 3.8) is 0 Å². The second kappa shape index (κ2) is 6.25. The topological polar surface area (TPSA) is 45.2 Å². The van der Waals surface area contributed by atoms with Crippen LogP contribution in [-0.4, -0.2) is 34.4 Å². The third kappa shape index (κ3) is 4.22. The highest BCUT2D eigenvalue weighted by molar-refractivity contribution is 5.93. The summed E-state index contributed by atoms with van der Waals surface area (Å²) in [7, 11) is 0. The smallest absolute Gasteiger partial charge is 0.272 e. The zero-order chi connectivity index (χ0) is 14.6. The molecule has 0 saturated carbocycles. The molecule has 0 atom stereocenters. The average molecular weight is 275 g/mol. The van der Waals surface area contributed by atoms with E-state index in [9.17, 15) is 4.79 Å². The van der Waals surface area contributed by atoms with Gasteiger partial charge in [-0.3, -0.25) is 9.78 Å². The van der Waals surface area contributed by atoms with Crippen LogP contribution in [0.5, 0.6) is 0 Å². The van der Waals surface area contributed by atoms with Crippen molar-refractivity contribution in [1.82, 2.24) is 9.88 Å². The molecule has 4 heteroatoms. The monoisotopic (exact) mass is 275 g/mol. The van der Waals surface area contributed by atoms with E-state index >= 15 is 0 Å². The number of nitrogens with zero attached hydrogens (tertiary/aromatic N) is 2. The summed E-state index contributed by atoms with van der Waals surface area (Å²) >= 11 is 0. The molecule has 1 aromatic rings. The van der Waals surface area contributed by atoms with Gasteiger partial charge in [0.25, 0.3) is 5.91 Å². The number of carbonyl (C=O) groups excluding carboxylic acids is 1. The highest BCUT2D eigenvalue weighted by Gasteiger charge is 2.19. The molecule has 0 aromatic carbocycles. The predicted molar refractivity (Wildman–Crippen MR) is 82.0 cm³/mol. The number of rotatable bonds is 2. The predicted octanol–water partition coefficient (Wildman–Crippen LogP) is 3.31. The van der Waals surface area contributed by atoms with Crippen LogP contribution in [0, 0.1) is 0 Å². The van der Waals surface area contributed by atoms with Crippen LogP contribution < -0.4 is 5.32 Å². The summed E-state index contributed by atoms with van der Waals surface area (Å²) in [6, 6.07) is 3.77. The van der Waals surface area contributed by atoms with Gasteiger partial charge in [-0.25, -0.2) is 0 Å². The average Bonchev–Trinajstić information content (AvgIpc) is 2.65. The third-order valence-corrected chi connectivity index (χ3v) is 3.39. The van der Waals surface area contributed by atoms with Crippen LogP contribution in [0.3, 0.4) is 0 Å². The van der Waals surface area contributed by atoms with E-state index in [0.717, 1.165) is 31.6 Å². The number of pyridine rings is 1. The van der Waals surface area contributed by atoms with Crippen LogP contribution >= 0.6 is 0 Å². The minimum Gasteiger partial charge on any atom is -0.380 e. The molecule has 110 valence electrons. The molecule has 1 fully saturated rings. The molecule has 1 aliphatic rings. The first-order chi connectivity index (χ1) is 9.46. The first-order valence-electron chi connectivity index (χ1n) is 7.49. The first kappa shape index (κ1) is 14.8. The largest absolute Gasteiger partial charge is 0.380 e. The number of anilines is 1. The summed E-state index contributed by atoms with van der Waals surface area (Å²) in [6.45, 7) is 8.02. The van der Waals surface area contributed by atoms with Crippen molar-refractivity contribution in [3.05, 3.63) is 24.0 Å². The summed E-state index contributed by atoms with van der Waals surface area (Å²) in [5, 5.41) is 3.38. The van der Waals surface area contributed by atoms with Gasteiger partial charge in [-0.05, 0) is 45.7 Å². The first-order valence-corrected chi connectivity index (χ1v) is 7.49. The van der Waals surface area contributed by atoms with Crippen molar-refractivity contribution in [1.29, 1.82) is 0 Å². The number of carbonyl (C=O) groups is 1. The normalized spacial score (nSPS) is 16.6. The maximum absolute atomic E-state index is 12.5. The summed E-state index contributed by atoms with van der Waals surface area (Å²) in [5.41, 5.74) is 1.47. The quantitative estimate of drug-likeness (QED) is 0.900. The molecule has 0 unspecified atom stereocenters. The van der Waals surface area contributed by atoms with Crippen molar-refractivity contribution >= 4 is 11.6 Å². The summed E-state index contributed by atoms with van der Waals surface area (Å²) in [5.74, 6) is 0.0597. The van der Waals surface area contributed by atoms with E-state index < -0.39 is 0 Å². The van der Waals surface area contributed by atoms with Crippen LogP contribution in [0.15, 0.2) is 18.3 Å². The summed E-state index contributed by atoms with van der Waals surface area (Å²) in [6.07, 6.45) is 6.36. The molecule has 20 heavy (non-hydrogen) atoms. The molecule has 1 aliphatic heterocycles. The van der Waals surface area contributed by atoms with Crippen molar-refractivity contribution in [2.24, 2.45) is 0 Å². The fourth-order valence-electron chi connectivity index (χ4n) is 2.49. The van der Waals surface area contributed by atoms with Gasteiger partial charge in [-0.15, -0.1) is 0 Å². The van der Waals surface area contributed by atoms with E-state index in [4.69, 9.17) is 0 Å². The molecule has 1 aromatic heterocycles. The zero-order valence-corrected chi connectivity index (χ0v) is 12.8. The minimum atomic E-state index is -0.0235. The lowest BCUT2D eigenvalue weighted by molar-refractivity contribution is 0.0756. The van der Waals surface area contributed by atoms with Crippen LogP contribution in [0.25, 0.3) is 0 Å². The SMILES string of the molecule is CC(C)(C)Nc1ccnc(C(=O)N2CCCCCC2)c1. The van der Waals surface area contributed by atoms with Crippen LogP contribution in [0.4, 0.5) is 5.69 Å². The number of likely N-dealkylation sites (tertiary alicyclic amines) is 1. The molecule has 4 nitrogen and oxygen atoms in total. The highest BCUT2D eigenvalue weighted by Crippen LogP contribution is 2.17. The zero-order valence-electron chi connectivity index (χ0n) is 12.8. The van der Waals surface area contributed by atoms with Gasteiger partial charge >= 0.3 is 0 Å². The van der Waals surface area contributed by atoms with E-state index in [1.54, 1.807) is 6.20 Å². The Kier molecular flexibility index (Phi) is 4.63. The van der Waals surface area contributed by atoms with Crippen molar-refractivity contribution in [3.8, 4) is 0 Å². The molecular formula is C16H25N3O. The Bertz CT molecular complexity index is 457. The molecule has 2 rings (SSSR count). The second-order valence-corrected chi connectivity index (χ2v) is 6.51. The van der Waals surface area contributed by atoms with Gasteiger partial charge in [0, 0.05) is 30.5 Å². The number of hydrogen-bond acceptors (Lipinski definition) is 3. The van der Waals surface area contributed by atoms with Crippen molar-refractivity contribution < 1.29 is 4.79 Å². The van der Waals surface area contributed by atoms with Gasteiger partial charge in [0.2, 0.25) is 0 Å². The Morgan fingerprint density at radius 2 is 1.85 bits per heavy atom. The number of aromatic nitrogens is 1. The maximum atomic E-state index is 12.5. The fraction of sp³-hybridized carbons (Fsp3) is 0.625. The molecule has 1 N–H and O–H groups in total. The van der Waals surface area contributed by atoms with Crippen LogP contribution in [0.2, 0.25) is 0 Å². The Balaban J connectivity index is 2.11. The van der Waals surface area contributed by atoms with E-state index in [2.05, 4.69) is 31.1 Å². The van der Waals surface area contributed by atoms with Crippen molar-refractivity contribution in [2.75, 3.05) is 18.4 Å². The lowest BCUT2D eigenvalue weighted by Gasteiger charge is -2.23. The lowest BCUT2D eigenvalue weighted by atomic mass is 10.1. The minimum absolute atomic E-state index is 0.0235. The molecule has 0 aliphatic carbocycles. The van der Waals surface area contributed by atoms with Gasteiger partial charge in [0.05, 0.1) is 0 Å². The van der Waals surface area contributed by atoms with Gasteiger partial charge < -0.3 is 10.2 Å². The van der Waals surface area contributed by atoms with E-state index in [0.29, 0.717) is 5.69 Å². The molecule has 0 spiro atoms. The second-order valence-electron chi connectivity index (χ2n) is 6.51. The Morgan fingerprint density at radius 1 is 1.20 bits per heavy atom. The molecule has 0 radical (unpaired) electrons. The van der Waals surface area contributed by atoms with Gasteiger partial charge in [0.1, 0.15) is 5.69 Å². The fourth-order valence-corrected chi connectivity index (χ4v) is 2.49. The Labute approximate surface area is 121 Å². The summed E-state index contributed by atoms with van der Waals surface area (Å²) < 4.78 is 0. The van der Waals surface area contributed by atoms with Crippen molar-refractivity contribution in [2.45, 2.75) is 52.0 Å². The molecule has 2 heterocycles. The number of amides is 1. The van der Waals surface area contributed by atoms with Gasteiger partial charge in [0.15, 0.2) is 0 Å². The third-order valence-electron chi connectivity index (χ3n) is 3.39. The van der Waals surface area contributed by atoms with E-state index in [1.165, 1.54) is 12.8 Å². The van der Waals surface area contributed by atoms with Crippen LogP contribution in [0.1, 0.15) is 56.9 Å². The van der Waals surface area contributed by atoms with E-state index in [1.807, 2.05) is 17.0 Å². The molecule has 1 saturated heterocycles. The number of hydrogen-bond donors (Lipinski definition) is 1. The van der Waals surface area contributed by atoms with Gasteiger partial charge in [-0.1, -0.05) is 12.8 Å². The highest BCUT2D eigenvalue weighted by atomic mass is 16.2. The molecular weight excluding hydrogens is 250 g/mol. The number of nitrogens with one attached hydrogen (secondary N) is 1. The standard InChI is InChI=1S/C16H25N3O/c1-16(2,3)18-13-8-9-17-14(12-13)15(20)19-10-6-4-5-7-11-19/h8-9,12H,4-7,10-11H2,1-3H3,(H,17,18). The molecule has 0 bridgehead atoms. The summed E-state index contributed by atoms with van der Waals surface area (Å²) in [4.78, 5) is 18.7. The maximum Gasteiger partial charge on any atom is 0.272 e. The Morgan fingerprint density at radius 3 is 2.45 bits per heavy atom. The lowest BCUT2D eigenvalue weighted by Crippen LogP contribution is -2.32. The van der Waals surface area contributed by atoms with Gasteiger partial charge in [-0.2, -0.15) is 0 Å². The Hall–Kier alpha value is -1.58. The van der Waals surface area contributed by atoms with Crippen LogP contribution in [-0.2, 0) is 0 Å².